The lowest BCUT2D eigenvalue weighted by molar-refractivity contribution is 0.267. The van der Waals surface area contributed by atoms with Gasteiger partial charge < -0.3 is 19.6 Å². The maximum atomic E-state index is 5.85. The normalized spacial score (nSPS) is 11.6. The van der Waals surface area contributed by atoms with Crippen molar-refractivity contribution in [1.82, 2.24) is 9.97 Å². The van der Waals surface area contributed by atoms with Gasteiger partial charge in [-0.15, -0.1) is 0 Å². The third-order valence-corrected chi connectivity index (χ3v) is 5.34. The fourth-order valence-electron chi connectivity index (χ4n) is 3.40. The van der Waals surface area contributed by atoms with Crippen LogP contribution in [-0.4, -0.2) is 23.1 Å². The zero-order valence-corrected chi connectivity index (χ0v) is 17.9. The molecule has 2 N–H and O–H groups in total. The lowest BCUT2D eigenvalue weighted by Gasteiger charge is -2.26. The van der Waals surface area contributed by atoms with Gasteiger partial charge in [0, 0.05) is 11.6 Å². The Labute approximate surface area is 182 Å². The molecule has 0 radical (unpaired) electrons. The average molecular weight is 418 g/mol. The van der Waals surface area contributed by atoms with Crippen molar-refractivity contribution in [2.75, 3.05) is 13.2 Å². The summed E-state index contributed by atoms with van der Waals surface area (Å²) < 4.78 is 17.2. The Kier molecular flexibility index (Phi) is 6.18. The van der Waals surface area contributed by atoms with Gasteiger partial charge in [0.25, 0.3) is 0 Å². The lowest BCUT2D eigenvalue weighted by Crippen LogP contribution is -2.18. The fourth-order valence-corrected chi connectivity index (χ4v) is 3.40. The molecule has 0 saturated heterocycles. The second kappa shape index (κ2) is 9.18. The highest BCUT2D eigenvalue weighted by Gasteiger charge is 2.23. The number of aromatic nitrogens is 2. The van der Waals surface area contributed by atoms with Gasteiger partial charge in [-0.2, -0.15) is 4.98 Å². The van der Waals surface area contributed by atoms with E-state index in [1.165, 1.54) is 11.1 Å². The Bertz CT molecular complexity index is 1090. The van der Waals surface area contributed by atoms with Crippen LogP contribution in [0.5, 0.6) is 11.5 Å². The number of benzene rings is 2. The summed E-state index contributed by atoms with van der Waals surface area (Å²) in [6.07, 6.45) is 2.55. The first kappa shape index (κ1) is 20.9. The van der Waals surface area contributed by atoms with Crippen LogP contribution in [0.1, 0.15) is 37.3 Å². The highest BCUT2D eigenvalue weighted by Crippen LogP contribution is 2.33. The van der Waals surface area contributed by atoms with Crippen molar-refractivity contribution in [3.8, 4) is 11.5 Å². The Morgan fingerprint density at radius 1 is 0.903 bits per heavy atom. The van der Waals surface area contributed by atoms with Crippen molar-refractivity contribution in [2.24, 2.45) is 5.73 Å². The predicted octanol–water partition coefficient (Wildman–Crippen LogP) is 4.86. The molecule has 2 aromatic heterocycles. The van der Waals surface area contributed by atoms with Crippen LogP contribution in [0, 0.1) is 0 Å². The molecule has 0 fully saturated rings. The Balaban J connectivity index is 1.40. The van der Waals surface area contributed by atoms with E-state index < -0.39 is 0 Å². The minimum atomic E-state index is -0.153. The largest absolute Gasteiger partial charge is 0.494 e. The second-order valence-electron chi connectivity index (χ2n) is 7.89. The standard InChI is InChI=1S/C25H27N3O3/c1-25(2,18-6-10-20(11-7-18)29-16-4-14-26)19-8-12-21(13-9-19)30-17-23-28-24-22(31-23)5-3-15-27-24/h3,5-13,15H,4,14,16-17,26H2,1-2H3. The van der Waals surface area contributed by atoms with Crippen LogP contribution >= 0.6 is 0 Å². The predicted molar refractivity (Wildman–Crippen MR) is 120 cm³/mol. The van der Waals surface area contributed by atoms with Crippen molar-refractivity contribution >= 4 is 11.2 Å². The van der Waals surface area contributed by atoms with E-state index in [-0.39, 0.29) is 12.0 Å². The molecule has 0 unspecified atom stereocenters. The maximum Gasteiger partial charge on any atom is 0.235 e. The maximum absolute atomic E-state index is 5.85. The molecule has 0 bridgehead atoms. The van der Waals surface area contributed by atoms with Crippen molar-refractivity contribution in [1.29, 1.82) is 0 Å². The van der Waals surface area contributed by atoms with Gasteiger partial charge in [0.15, 0.2) is 17.8 Å². The van der Waals surface area contributed by atoms with Crippen molar-refractivity contribution < 1.29 is 13.9 Å². The number of nitrogens with zero attached hydrogens (tertiary/aromatic N) is 2. The van der Waals surface area contributed by atoms with E-state index in [1.54, 1.807) is 6.20 Å². The third-order valence-electron chi connectivity index (χ3n) is 5.34. The fraction of sp³-hybridized carbons (Fsp3) is 0.280. The number of ether oxygens (including phenoxy) is 2. The molecule has 0 saturated carbocycles. The topological polar surface area (TPSA) is 83.4 Å². The third kappa shape index (κ3) is 4.86. The number of hydrogen-bond donors (Lipinski definition) is 1. The molecule has 160 valence electrons. The van der Waals surface area contributed by atoms with Gasteiger partial charge in [0.2, 0.25) is 5.89 Å². The summed E-state index contributed by atoms with van der Waals surface area (Å²) in [6.45, 7) is 5.94. The van der Waals surface area contributed by atoms with Crippen LogP contribution in [0.15, 0.2) is 71.3 Å². The van der Waals surface area contributed by atoms with Crippen LogP contribution in [-0.2, 0) is 12.0 Å². The number of pyridine rings is 1. The smallest absolute Gasteiger partial charge is 0.235 e. The van der Waals surface area contributed by atoms with Gasteiger partial charge in [-0.25, -0.2) is 4.98 Å². The molecule has 0 spiro atoms. The molecule has 31 heavy (non-hydrogen) atoms. The number of rotatable bonds is 9. The monoisotopic (exact) mass is 417 g/mol. The van der Waals surface area contributed by atoms with Crippen LogP contribution in [0.3, 0.4) is 0 Å². The van der Waals surface area contributed by atoms with Gasteiger partial charge in [-0.1, -0.05) is 38.1 Å². The van der Waals surface area contributed by atoms with Gasteiger partial charge in [0.1, 0.15) is 11.5 Å². The molecule has 2 heterocycles. The summed E-state index contributed by atoms with van der Waals surface area (Å²) in [5, 5.41) is 0. The Hall–Kier alpha value is -3.38. The summed E-state index contributed by atoms with van der Waals surface area (Å²) in [5.41, 5.74) is 9.03. The average Bonchev–Trinajstić information content (AvgIpc) is 3.22. The number of oxazole rings is 1. The molecular weight excluding hydrogens is 390 g/mol. The Morgan fingerprint density at radius 3 is 2.16 bits per heavy atom. The van der Waals surface area contributed by atoms with Gasteiger partial charge in [-0.05, 0) is 60.5 Å². The first-order valence-corrected chi connectivity index (χ1v) is 10.4. The van der Waals surface area contributed by atoms with E-state index >= 15 is 0 Å². The van der Waals surface area contributed by atoms with Crippen molar-refractivity contribution in [3.05, 3.63) is 83.9 Å². The van der Waals surface area contributed by atoms with Crippen LogP contribution in [0.25, 0.3) is 11.2 Å². The van der Waals surface area contributed by atoms with Crippen molar-refractivity contribution in [3.63, 3.8) is 0 Å². The van der Waals surface area contributed by atoms with E-state index in [9.17, 15) is 0 Å². The summed E-state index contributed by atoms with van der Waals surface area (Å²) >= 11 is 0. The minimum Gasteiger partial charge on any atom is -0.494 e. The molecule has 0 aliphatic heterocycles. The molecule has 0 aliphatic rings. The van der Waals surface area contributed by atoms with E-state index in [4.69, 9.17) is 19.6 Å². The zero-order valence-electron chi connectivity index (χ0n) is 17.9. The van der Waals surface area contributed by atoms with Gasteiger partial charge in [0.05, 0.1) is 6.61 Å². The quantitative estimate of drug-likeness (QED) is 0.392. The number of nitrogens with two attached hydrogens (primary N) is 1. The molecule has 0 aliphatic carbocycles. The first-order valence-electron chi connectivity index (χ1n) is 10.4. The summed E-state index contributed by atoms with van der Waals surface area (Å²) in [6, 6.07) is 20.1. The van der Waals surface area contributed by atoms with Crippen LogP contribution < -0.4 is 15.2 Å². The molecular formula is C25H27N3O3. The lowest BCUT2D eigenvalue weighted by atomic mass is 9.78. The van der Waals surface area contributed by atoms with Crippen LogP contribution in [0.4, 0.5) is 0 Å². The van der Waals surface area contributed by atoms with Gasteiger partial charge in [-0.3, -0.25) is 0 Å². The van der Waals surface area contributed by atoms with E-state index in [0.29, 0.717) is 30.3 Å². The molecule has 6 heteroatoms. The summed E-state index contributed by atoms with van der Waals surface area (Å²) in [4.78, 5) is 8.51. The summed E-state index contributed by atoms with van der Waals surface area (Å²) in [7, 11) is 0. The van der Waals surface area contributed by atoms with E-state index in [0.717, 1.165) is 17.9 Å². The number of fused-ring (bicyclic) bond motifs is 1. The van der Waals surface area contributed by atoms with Gasteiger partial charge >= 0.3 is 0 Å². The van der Waals surface area contributed by atoms with Crippen LogP contribution in [0.2, 0.25) is 0 Å². The molecule has 2 aromatic carbocycles. The number of hydrogen-bond acceptors (Lipinski definition) is 6. The minimum absolute atomic E-state index is 0.153. The first-order chi connectivity index (χ1) is 15.1. The highest BCUT2D eigenvalue weighted by molar-refractivity contribution is 5.66. The highest BCUT2D eigenvalue weighted by atomic mass is 16.5. The SMILES string of the molecule is CC(C)(c1ccc(OCCCN)cc1)c1ccc(OCc2nc3ncccc3o2)cc1. The molecule has 4 aromatic rings. The Morgan fingerprint density at radius 2 is 1.55 bits per heavy atom. The molecule has 0 atom stereocenters. The molecule has 0 amide bonds. The summed E-state index contributed by atoms with van der Waals surface area (Å²) in [5.74, 6) is 2.14. The molecule has 4 rings (SSSR count). The van der Waals surface area contributed by atoms with Crippen molar-refractivity contribution in [2.45, 2.75) is 32.3 Å². The molecule has 6 nitrogen and oxygen atoms in total. The van der Waals surface area contributed by atoms with E-state index in [2.05, 4.69) is 48.1 Å². The zero-order chi connectivity index (χ0) is 21.7. The second-order valence-corrected chi connectivity index (χ2v) is 7.89. The van der Waals surface area contributed by atoms with E-state index in [1.807, 2.05) is 36.4 Å².